The molecule has 2 aromatic rings. The van der Waals surface area contributed by atoms with Gasteiger partial charge in [-0.1, -0.05) is 23.2 Å². The summed E-state index contributed by atoms with van der Waals surface area (Å²) < 4.78 is 0. The highest BCUT2D eigenvalue weighted by Gasteiger charge is 2.04. The molecule has 4 nitrogen and oxygen atoms in total. The summed E-state index contributed by atoms with van der Waals surface area (Å²) in [6, 6.07) is 1.53. The first-order valence-corrected chi connectivity index (χ1v) is 3.86. The molecule has 2 aromatic heterocycles. The predicted molar refractivity (Wildman–Crippen MR) is 46.7 cm³/mol. The number of pyridine rings is 1. The van der Waals surface area contributed by atoms with Gasteiger partial charge in [0.1, 0.15) is 10.7 Å². The van der Waals surface area contributed by atoms with Crippen molar-refractivity contribution >= 4 is 34.2 Å². The molecule has 6 heteroatoms. The van der Waals surface area contributed by atoms with E-state index in [1.54, 1.807) is 0 Å². The molecule has 0 aromatic carbocycles. The second-order valence-electron chi connectivity index (χ2n) is 2.24. The van der Waals surface area contributed by atoms with Crippen LogP contribution in [0, 0.1) is 0 Å². The number of aromatic amines is 2. The van der Waals surface area contributed by atoms with E-state index in [9.17, 15) is 4.79 Å². The van der Waals surface area contributed by atoms with Gasteiger partial charge in [-0.2, -0.15) is 0 Å². The zero-order valence-electron chi connectivity index (χ0n) is 5.69. The van der Waals surface area contributed by atoms with Gasteiger partial charge < -0.3 is 9.97 Å². The van der Waals surface area contributed by atoms with Crippen LogP contribution in [-0.2, 0) is 0 Å². The topological polar surface area (TPSA) is 61.5 Å². The molecule has 0 unspecified atom stereocenters. The third-order valence-electron chi connectivity index (χ3n) is 1.43. The summed E-state index contributed by atoms with van der Waals surface area (Å²) in [6.45, 7) is 0. The second-order valence-corrected chi connectivity index (χ2v) is 2.98. The minimum absolute atomic E-state index is 0.191. The largest absolute Gasteiger partial charge is 0.323 e. The number of H-pyrrole nitrogens is 2. The molecule has 2 heterocycles. The molecule has 62 valence electrons. The van der Waals surface area contributed by atoms with Crippen molar-refractivity contribution in [3.05, 3.63) is 26.9 Å². The van der Waals surface area contributed by atoms with Crippen LogP contribution in [-0.4, -0.2) is 15.0 Å². The molecule has 0 fully saturated rings. The Hall–Kier alpha value is -1.00. The van der Waals surface area contributed by atoms with Crippen molar-refractivity contribution in [1.82, 2.24) is 15.0 Å². The van der Waals surface area contributed by atoms with Gasteiger partial charge in [-0.3, -0.25) is 0 Å². The summed E-state index contributed by atoms with van der Waals surface area (Å²) >= 11 is 11.3. The van der Waals surface area contributed by atoms with Crippen LogP contribution in [0.15, 0.2) is 10.9 Å². The lowest BCUT2D eigenvalue weighted by Gasteiger charge is -1.92. The summed E-state index contributed by atoms with van der Waals surface area (Å²) in [5, 5.41) is 0.443. The van der Waals surface area contributed by atoms with Crippen molar-refractivity contribution in [2.75, 3.05) is 0 Å². The van der Waals surface area contributed by atoms with Crippen LogP contribution in [0.3, 0.4) is 0 Å². The molecular weight excluding hydrogens is 201 g/mol. The SMILES string of the molecule is O=c1[nH]c2cc(Cl)nc(Cl)c2[nH]1. The number of fused-ring (bicyclic) bond motifs is 1. The fourth-order valence-corrected chi connectivity index (χ4v) is 1.45. The van der Waals surface area contributed by atoms with Gasteiger partial charge in [-0.25, -0.2) is 9.78 Å². The molecule has 0 bridgehead atoms. The number of hydrogen-bond donors (Lipinski definition) is 2. The highest BCUT2D eigenvalue weighted by Crippen LogP contribution is 2.19. The minimum atomic E-state index is -0.323. The Kier molecular flexibility index (Phi) is 1.59. The molecule has 0 saturated carbocycles. The molecule has 0 aliphatic rings. The van der Waals surface area contributed by atoms with Gasteiger partial charge in [0.05, 0.1) is 5.52 Å². The minimum Gasteiger partial charge on any atom is -0.305 e. The Bertz CT molecular complexity index is 487. The standard InChI is InChI=1S/C6H3Cl2N3O/c7-3-1-2-4(5(8)10-3)11-6(12)9-2/h1H,(H2,9,11,12). The number of hydrogen-bond acceptors (Lipinski definition) is 2. The van der Waals surface area contributed by atoms with E-state index in [1.165, 1.54) is 6.07 Å². The van der Waals surface area contributed by atoms with Crippen molar-refractivity contribution < 1.29 is 0 Å². The first-order valence-electron chi connectivity index (χ1n) is 3.11. The smallest absolute Gasteiger partial charge is 0.305 e. The maximum absolute atomic E-state index is 10.8. The molecule has 2 N–H and O–H groups in total. The van der Waals surface area contributed by atoms with Crippen molar-refractivity contribution in [3.8, 4) is 0 Å². The molecule has 0 amide bonds. The zero-order chi connectivity index (χ0) is 8.72. The Morgan fingerprint density at radius 3 is 2.83 bits per heavy atom. The van der Waals surface area contributed by atoms with Crippen LogP contribution < -0.4 is 5.69 Å². The number of halogens is 2. The molecule has 0 aliphatic heterocycles. The lowest BCUT2D eigenvalue weighted by atomic mass is 10.4. The second kappa shape index (κ2) is 2.50. The summed E-state index contributed by atoms with van der Waals surface area (Å²) in [5.41, 5.74) is 0.715. The monoisotopic (exact) mass is 203 g/mol. The van der Waals surface area contributed by atoms with Crippen LogP contribution in [0.5, 0.6) is 0 Å². The normalized spacial score (nSPS) is 10.8. The van der Waals surface area contributed by atoms with Crippen molar-refractivity contribution in [1.29, 1.82) is 0 Å². The lowest BCUT2D eigenvalue weighted by Crippen LogP contribution is -1.99. The van der Waals surface area contributed by atoms with Crippen LogP contribution in [0.4, 0.5) is 0 Å². The Morgan fingerprint density at radius 1 is 1.33 bits per heavy atom. The van der Waals surface area contributed by atoms with Gasteiger partial charge in [0, 0.05) is 6.07 Å². The fourth-order valence-electron chi connectivity index (χ4n) is 0.969. The average molecular weight is 204 g/mol. The summed E-state index contributed by atoms with van der Waals surface area (Å²) in [7, 11) is 0. The Labute approximate surface area is 76.5 Å². The molecule has 2 rings (SSSR count). The molecular formula is C6H3Cl2N3O. The maximum Gasteiger partial charge on any atom is 0.323 e. The van der Waals surface area contributed by atoms with E-state index in [4.69, 9.17) is 23.2 Å². The van der Waals surface area contributed by atoms with Crippen LogP contribution in [0.1, 0.15) is 0 Å². The van der Waals surface area contributed by atoms with E-state index in [-0.39, 0.29) is 16.0 Å². The van der Waals surface area contributed by atoms with Gasteiger partial charge in [-0.05, 0) is 0 Å². The van der Waals surface area contributed by atoms with Gasteiger partial charge >= 0.3 is 5.69 Å². The van der Waals surface area contributed by atoms with Gasteiger partial charge in [-0.15, -0.1) is 0 Å². The molecule has 0 spiro atoms. The van der Waals surface area contributed by atoms with E-state index >= 15 is 0 Å². The van der Waals surface area contributed by atoms with Gasteiger partial charge in [0.25, 0.3) is 0 Å². The summed E-state index contributed by atoms with van der Waals surface area (Å²) in [6.07, 6.45) is 0. The number of imidazole rings is 1. The van der Waals surface area contributed by atoms with Crippen LogP contribution in [0.2, 0.25) is 10.3 Å². The lowest BCUT2D eigenvalue weighted by molar-refractivity contribution is 1.21. The zero-order valence-corrected chi connectivity index (χ0v) is 7.20. The molecule has 0 atom stereocenters. The van der Waals surface area contributed by atoms with E-state index < -0.39 is 0 Å². The van der Waals surface area contributed by atoms with Gasteiger partial charge in [0.2, 0.25) is 0 Å². The Morgan fingerprint density at radius 2 is 2.08 bits per heavy atom. The third-order valence-corrected chi connectivity index (χ3v) is 1.90. The maximum atomic E-state index is 10.8. The third kappa shape index (κ3) is 1.09. The first kappa shape index (κ1) is 7.64. The summed E-state index contributed by atoms with van der Waals surface area (Å²) in [5.74, 6) is 0. The van der Waals surface area contributed by atoms with Gasteiger partial charge in [0.15, 0.2) is 5.15 Å². The number of rotatable bonds is 0. The van der Waals surface area contributed by atoms with Crippen molar-refractivity contribution in [3.63, 3.8) is 0 Å². The number of aromatic nitrogens is 3. The number of nitrogens with zero attached hydrogens (tertiary/aromatic N) is 1. The van der Waals surface area contributed by atoms with Crippen LogP contribution >= 0.6 is 23.2 Å². The van der Waals surface area contributed by atoms with E-state index in [1.807, 2.05) is 0 Å². The highest BCUT2D eigenvalue weighted by molar-refractivity contribution is 6.35. The van der Waals surface area contributed by atoms with Crippen LogP contribution in [0.25, 0.3) is 11.0 Å². The van der Waals surface area contributed by atoms with Crippen molar-refractivity contribution in [2.45, 2.75) is 0 Å². The van der Waals surface area contributed by atoms with E-state index in [0.29, 0.717) is 11.0 Å². The van der Waals surface area contributed by atoms with Crippen molar-refractivity contribution in [2.24, 2.45) is 0 Å². The fraction of sp³-hybridized carbons (Fsp3) is 0. The van der Waals surface area contributed by atoms with E-state index in [2.05, 4.69) is 15.0 Å². The molecule has 0 aliphatic carbocycles. The molecule has 0 radical (unpaired) electrons. The Balaban J connectivity index is 2.97. The quantitative estimate of drug-likeness (QED) is 0.639. The molecule has 0 saturated heterocycles. The molecule has 12 heavy (non-hydrogen) atoms. The summed E-state index contributed by atoms with van der Waals surface area (Å²) in [4.78, 5) is 19.6. The predicted octanol–water partition coefficient (Wildman–Crippen LogP) is 1.56. The van der Waals surface area contributed by atoms with E-state index in [0.717, 1.165) is 0 Å². The number of nitrogens with one attached hydrogen (secondary N) is 2. The average Bonchev–Trinajstić information content (AvgIpc) is 2.29. The first-order chi connectivity index (χ1) is 5.66. The highest BCUT2D eigenvalue weighted by atomic mass is 35.5.